The summed E-state index contributed by atoms with van der Waals surface area (Å²) in [6, 6.07) is 3.62. The van der Waals surface area contributed by atoms with Gasteiger partial charge in [-0.25, -0.2) is 4.98 Å². The van der Waals surface area contributed by atoms with Crippen LogP contribution in [0.5, 0.6) is 0 Å². The number of hydrogen-bond acceptors (Lipinski definition) is 1. The summed E-state index contributed by atoms with van der Waals surface area (Å²) in [5.41, 5.74) is 5.20. The summed E-state index contributed by atoms with van der Waals surface area (Å²) in [6.07, 6.45) is 20.9. The average Bonchev–Trinajstić information content (AvgIpc) is 2.61. The highest BCUT2D eigenvalue weighted by Crippen LogP contribution is 2.40. The van der Waals surface area contributed by atoms with E-state index in [9.17, 15) is 4.79 Å². The van der Waals surface area contributed by atoms with E-state index in [-0.39, 0.29) is 11.3 Å². The van der Waals surface area contributed by atoms with E-state index in [0.29, 0.717) is 0 Å². The normalized spacial score (nSPS) is 18.0. The molecule has 1 amide bonds. The van der Waals surface area contributed by atoms with Crippen LogP contribution < -0.4 is 10.3 Å². The number of aromatic nitrogens is 1. The fourth-order valence-electron chi connectivity index (χ4n) is 3.35. The van der Waals surface area contributed by atoms with Crippen LogP contribution in [0, 0.1) is 5.41 Å². The minimum Gasteiger partial charge on any atom is -0.322 e. The third-order valence-electron chi connectivity index (χ3n) is 4.87. The van der Waals surface area contributed by atoms with Gasteiger partial charge in [0.25, 0.3) is 0 Å². The van der Waals surface area contributed by atoms with Crippen LogP contribution in [0.3, 0.4) is 0 Å². The summed E-state index contributed by atoms with van der Waals surface area (Å²) in [4.78, 5) is 14.7. The number of rotatable bonds is 6. The molecule has 0 unspecified atom stereocenters. The van der Waals surface area contributed by atoms with Crippen LogP contribution in [0.25, 0.3) is 0 Å². The molecule has 0 saturated heterocycles. The first-order chi connectivity index (χ1) is 12.9. The summed E-state index contributed by atoms with van der Waals surface area (Å²) in [5.74, 6) is -0.145. The van der Waals surface area contributed by atoms with Crippen molar-refractivity contribution in [2.75, 3.05) is 5.32 Å². The molecule has 2 N–H and O–H groups in total. The summed E-state index contributed by atoms with van der Waals surface area (Å²) in [5, 5.41) is 2.80. The second-order valence-corrected chi connectivity index (χ2v) is 7.70. The van der Waals surface area contributed by atoms with Crippen LogP contribution in [0.1, 0.15) is 47.0 Å². The van der Waals surface area contributed by atoms with E-state index in [2.05, 4.69) is 56.2 Å². The summed E-state index contributed by atoms with van der Waals surface area (Å²) >= 11 is 0. The molecule has 27 heavy (non-hydrogen) atoms. The van der Waals surface area contributed by atoms with Crippen molar-refractivity contribution >= 4 is 11.6 Å². The lowest BCUT2D eigenvalue weighted by Crippen LogP contribution is -2.19. The molecule has 142 valence electrons. The van der Waals surface area contributed by atoms with Crippen molar-refractivity contribution in [2.24, 2.45) is 5.41 Å². The first-order valence-corrected chi connectivity index (χ1v) is 9.55. The van der Waals surface area contributed by atoms with Gasteiger partial charge in [-0.1, -0.05) is 61.4 Å². The Morgan fingerprint density at radius 2 is 1.89 bits per heavy atom. The molecule has 3 heteroatoms. The third kappa shape index (κ3) is 6.86. The van der Waals surface area contributed by atoms with Gasteiger partial charge in [0.1, 0.15) is 0 Å². The van der Waals surface area contributed by atoms with E-state index >= 15 is 0 Å². The average molecular weight is 364 g/mol. The van der Waals surface area contributed by atoms with Crippen LogP contribution in [0.2, 0.25) is 0 Å². The maximum absolute atomic E-state index is 11.8. The molecule has 1 aliphatic carbocycles. The molecular weight excluding hydrogens is 332 g/mol. The lowest BCUT2D eigenvalue weighted by molar-refractivity contribution is -0.377. The molecule has 0 aromatic carbocycles. The van der Waals surface area contributed by atoms with Crippen molar-refractivity contribution in [3.8, 4) is 0 Å². The molecule has 0 saturated carbocycles. The van der Waals surface area contributed by atoms with Crippen molar-refractivity contribution < 1.29 is 9.78 Å². The number of carbonyl (C=O) groups excluding carboxylic acids is 1. The number of carbonyl (C=O) groups is 1. The van der Waals surface area contributed by atoms with Gasteiger partial charge < -0.3 is 5.32 Å². The zero-order valence-corrected chi connectivity index (χ0v) is 16.9. The maximum Gasteiger partial charge on any atom is 0.248 e. The van der Waals surface area contributed by atoms with Gasteiger partial charge in [0.05, 0.1) is 5.69 Å². The molecule has 0 aliphatic heterocycles. The predicted octanol–water partition coefficient (Wildman–Crippen LogP) is 5.58. The van der Waals surface area contributed by atoms with E-state index in [4.69, 9.17) is 0 Å². The van der Waals surface area contributed by atoms with E-state index in [1.165, 1.54) is 42.1 Å². The van der Waals surface area contributed by atoms with Gasteiger partial charge in [-0.2, -0.15) is 0 Å². The first kappa shape index (κ1) is 20.6. The van der Waals surface area contributed by atoms with Gasteiger partial charge in [-0.05, 0) is 44.1 Å². The summed E-state index contributed by atoms with van der Waals surface area (Å²) in [7, 11) is 0. The molecule has 0 bridgehead atoms. The monoisotopic (exact) mass is 363 g/mol. The lowest BCUT2D eigenvalue weighted by Gasteiger charge is -2.32. The van der Waals surface area contributed by atoms with Crippen LogP contribution in [0.4, 0.5) is 5.69 Å². The molecule has 1 aromatic heterocycles. The highest BCUT2D eigenvalue weighted by atomic mass is 16.1. The van der Waals surface area contributed by atoms with E-state index in [1.54, 1.807) is 18.5 Å². The van der Waals surface area contributed by atoms with Gasteiger partial charge in [0.2, 0.25) is 5.91 Å². The number of nitrogens with one attached hydrogen (secondary N) is 2. The van der Waals surface area contributed by atoms with Crippen LogP contribution in [-0.2, 0) is 4.79 Å². The fraction of sp³-hybridized carbons (Fsp3) is 0.333. The third-order valence-corrected chi connectivity index (χ3v) is 4.87. The Hall–Kier alpha value is -2.68. The van der Waals surface area contributed by atoms with Crippen molar-refractivity contribution in [1.29, 1.82) is 0 Å². The Morgan fingerprint density at radius 3 is 2.59 bits per heavy atom. The van der Waals surface area contributed by atoms with Crippen molar-refractivity contribution in [3.05, 3.63) is 83.8 Å². The predicted molar refractivity (Wildman–Crippen MR) is 113 cm³/mol. The first-order valence-electron chi connectivity index (χ1n) is 9.55. The number of H-pyrrole nitrogens is 1. The Morgan fingerprint density at radius 1 is 1.15 bits per heavy atom. The number of hydrogen-bond donors (Lipinski definition) is 1. The summed E-state index contributed by atoms with van der Waals surface area (Å²) < 4.78 is 0. The standard InChI is InChI=1S/C24H30N2O/c1-19(12-13-22-20(2)10-8-16-24(22,3)4)9-6-5-7-11-23(27)26-21-14-17-25-18-15-21/h5-7,9,11-15,17-18H,8,10,16H2,1-4H3,(H,25,26,27)/p+1/b6-5+,11-7+,13-12+,19-9+. The van der Waals surface area contributed by atoms with Crippen LogP contribution >= 0.6 is 0 Å². The number of anilines is 1. The zero-order chi connectivity index (χ0) is 19.7. The zero-order valence-electron chi connectivity index (χ0n) is 16.9. The topological polar surface area (TPSA) is 43.2 Å². The number of aromatic amines is 1. The highest BCUT2D eigenvalue weighted by molar-refractivity contribution is 5.99. The van der Waals surface area contributed by atoms with E-state index in [1.807, 2.05) is 24.3 Å². The smallest absolute Gasteiger partial charge is 0.248 e. The van der Waals surface area contributed by atoms with Crippen LogP contribution in [0.15, 0.2) is 83.8 Å². The SMILES string of the molecule is CC1=C(/C=C/C(C)=C/C=C/C=C/C(=O)Nc2cc[nH+]cc2)C(C)(C)CCC1. The number of pyridine rings is 1. The second-order valence-electron chi connectivity index (χ2n) is 7.70. The quantitative estimate of drug-likeness (QED) is 0.520. The molecule has 0 spiro atoms. The van der Waals surface area contributed by atoms with Crippen LogP contribution in [-0.4, -0.2) is 5.91 Å². The maximum atomic E-state index is 11.8. The molecule has 1 heterocycles. The Bertz CT molecular complexity index is 793. The van der Waals surface area contributed by atoms with Gasteiger partial charge in [-0.3, -0.25) is 4.79 Å². The van der Waals surface area contributed by atoms with Gasteiger partial charge in [-0.15, -0.1) is 0 Å². The Kier molecular flexibility index (Phi) is 7.54. The summed E-state index contributed by atoms with van der Waals surface area (Å²) in [6.45, 7) is 9.01. The minimum atomic E-state index is -0.145. The molecule has 2 rings (SSSR count). The molecular formula is C24H31N2O+. The molecule has 3 nitrogen and oxygen atoms in total. The van der Waals surface area contributed by atoms with Crippen molar-refractivity contribution in [1.82, 2.24) is 0 Å². The highest BCUT2D eigenvalue weighted by Gasteiger charge is 2.26. The molecule has 1 aliphatic rings. The van der Waals surface area contributed by atoms with Gasteiger partial charge in [0.15, 0.2) is 12.4 Å². The largest absolute Gasteiger partial charge is 0.322 e. The Balaban J connectivity index is 1.88. The molecule has 1 aromatic rings. The number of amides is 1. The molecule has 0 atom stereocenters. The van der Waals surface area contributed by atoms with Gasteiger partial charge in [0, 0.05) is 18.2 Å². The second kappa shape index (κ2) is 9.86. The Labute approximate surface area is 163 Å². The minimum absolute atomic E-state index is 0.145. The van der Waals surface area contributed by atoms with E-state index in [0.717, 1.165) is 5.69 Å². The van der Waals surface area contributed by atoms with Crippen molar-refractivity contribution in [2.45, 2.75) is 47.0 Å². The van der Waals surface area contributed by atoms with E-state index < -0.39 is 0 Å². The van der Waals surface area contributed by atoms with Crippen molar-refractivity contribution in [3.63, 3.8) is 0 Å². The fourth-order valence-corrected chi connectivity index (χ4v) is 3.35. The van der Waals surface area contributed by atoms with Gasteiger partial charge >= 0.3 is 0 Å². The molecule has 0 fully saturated rings. The lowest BCUT2D eigenvalue weighted by atomic mass is 9.72. The number of allylic oxidation sites excluding steroid dienone is 9. The molecule has 0 radical (unpaired) electrons.